The number of hydrogen-bond acceptors (Lipinski definition) is 4. The van der Waals surface area contributed by atoms with Gasteiger partial charge in [-0.25, -0.2) is 0 Å². The van der Waals surface area contributed by atoms with E-state index in [-0.39, 0.29) is 0 Å². The molecule has 0 aromatic heterocycles. The first-order chi connectivity index (χ1) is 9.72. The van der Waals surface area contributed by atoms with Crippen LogP contribution in [0.15, 0.2) is 24.3 Å². The fourth-order valence-electron chi connectivity index (χ4n) is 2.58. The summed E-state index contributed by atoms with van der Waals surface area (Å²) in [7, 11) is 0. The van der Waals surface area contributed by atoms with Crippen LogP contribution in [-0.2, 0) is 0 Å². The Balaban J connectivity index is 1.89. The Labute approximate surface area is 120 Å². The number of aliphatic hydroxyl groups is 1. The Hall–Kier alpha value is -1.26. The normalized spacial score (nSPS) is 18.3. The molecule has 1 aliphatic carbocycles. The van der Waals surface area contributed by atoms with Crippen molar-refractivity contribution in [2.45, 2.75) is 44.1 Å². The zero-order valence-corrected chi connectivity index (χ0v) is 12.0. The van der Waals surface area contributed by atoms with Crippen molar-refractivity contribution >= 4 is 0 Å². The Morgan fingerprint density at radius 2 is 1.70 bits per heavy atom. The summed E-state index contributed by atoms with van der Waals surface area (Å²) in [4.78, 5) is 0. The summed E-state index contributed by atoms with van der Waals surface area (Å²) in [6.07, 6.45) is 6.25. The summed E-state index contributed by atoms with van der Waals surface area (Å²) in [5.41, 5.74) is 4.74. The van der Waals surface area contributed by atoms with E-state index in [0.717, 1.165) is 37.2 Å². The van der Waals surface area contributed by atoms with Crippen LogP contribution < -0.4 is 15.2 Å². The first kappa shape index (κ1) is 15.1. The third kappa shape index (κ3) is 4.69. The first-order valence-electron chi connectivity index (χ1n) is 7.50. The third-order valence-corrected chi connectivity index (χ3v) is 3.73. The minimum absolute atomic E-state index is 0.355. The maximum atomic E-state index is 10.6. The maximum Gasteiger partial charge on any atom is 0.123 e. The van der Waals surface area contributed by atoms with E-state index in [0.29, 0.717) is 19.8 Å². The highest BCUT2D eigenvalue weighted by Gasteiger charge is 2.28. The van der Waals surface area contributed by atoms with Crippen molar-refractivity contribution in [3.63, 3.8) is 0 Å². The van der Waals surface area contributed by atoms with Gasteiger partial charge in [0.25, 0.3) is 0 Å². The lowest BCUT2D eigenvalue weighted by Gasteiger charge is -2.26. The molecule has 0 unspecified atom stereocenters. The monoisotopic (exact) mass is 279 g/mol. The predicted molar refractivity (Wildman–Crippen MR) is 79.1 cm³/mol. The van der Waals surface area contributed by atoms with Gasteiger partial charge >= 0.3 is 0 Å². The molecule has 0 spiro atoms. The fourth-order valence-corrected chi connectivity index (χ4v) is 2.58. The van der Waals surface area contributed by atoms with Crippen LogP contribution in [0, 0.1) is 0 Å². The number of hydrogen-bond donors (Lipinski definition) is 2. The van der Waals surface area contributed by atoms with E-state index in [1.165, 1.54) is 12.8 Å². The number of nitrogens with two attached hydrogens (primary N) is 1. The van der Waals surface area contributed by atoms with Crippen molar-refractivity contribution in [3.05, 3.63) is 24.3 Å². The van der Waals surface area contributed by atoms with Crippen molar-refractivity contribution in [2.75, 3.05) is 19.8 Å². The van der Waals surface area contributed by atoms with E-state index in [4.69, 9.17) is 15.2 Å². The molecule has 4 heteroatoms. The molecule has 0 heterocycles. The summed E-state index contributed by atoms with van der Waals surface area (Å²) in [6, 6.07) is 7.49. The van der Waals surface area contributed by atoms with Gasteiger partial charge in [0, 0.05) is 12.6 Å². The molecule has 0 bridgehead atoms. The molecule has 1 aromatic rings. The molecule has 0 radical (unpaired) electrons. The van der Waals surface area contributed by atoms with Crippen molar-refractivity contribution in [3.8, 4) is 11.5 Å². The van der Waals surface area contributed by atoms with Gasteiger partial charge < -0.3 is 20.3 Å². The van der Waals surface area contributed by atoms with Gasteiger partial charge in [-0.1, -0.05) is 31.7 Å². The molecular formula is C16H25NO3. The van der Waals surface area contributed by atoms with Crippen molar-refractivity contribution in [1.29, 1.82) is 0 Å². The Morgan fingerprint density at radius 1 is 1.05 bits per heavy atom. The molecule has 0 aliphatic heterocycles. The van der Waals surface area contributed by atoms with Gasteiger partial charge in [-0.2, -0.15) is 0 Å². The molecule has 20 heavy (non-hydrogen) atoms. The van der Waals surface area contributed by atoms with Crippen LogP contribution in [0.25, 0.3) is 0 Å². The molecule has 3 N–H and O–H groups in total. The van der Waals surface area contributed by atoms with E-state index in [1.807, 2.05) is 24.3 Å². The molecule has 1 aliphatic rings. The molecular weight excluding hydrogens is 254 g/mol. The molecule has 0 atom stereocenters. The average molecular weight is 279 g/mol. The van der Waals surface area contributed by atoms with Gasteiger partial charge in [-0.3, -0.25) is 0 Å². The summed E-state index contributed by atoms with van der Waals surface area (Å²) < 4.78 is 11.2. The van der Waals surface area contributed by atoms with Gasteiger partial charge in [0.2, 0.25) is 0 Å². The first-order valence-corrected chi connectivity index (χ1v) is 7.50. The molecule has 0 amide bonds. The Bertz CT molecular complexity index is 400. The van der Waals surface area contributed by atoms with E-state index < -0.39 is 5.60 Å². The van der Waals surface area contributed by atoms with Crippen LogP contribution in [0.1, 0.15) is 38.5 Å². The standard InChI is InChI=1S/C16H25NO3/c17-10-11-19-14-6-5-7-15(12-14)20-13-16(18)8-3-1-2-4-9-16/h5-7,12,18H,1-4,8-11,13,17H2. The summed E-state index contributed by atoms with van der Waals surface area (Å²) in [5, 5.41) is 10.6. The van der Waals surface area contributed by atoms with E-state index in [2.05, 4.69) is 0 Å². The highest BCUT2D eigenvalue weighted by molar-refractivity contribution is 5.33. The van der Waals surface area contributed by atoms with Gasteiger partial charge in [0.1, 0.15) is 24.7 Å². The minimum atomic E-state index is -0.676. The molecule has 1 aromatic carbocycles. The largest absolute Gasteiger partial charge is 0.492 e. The second kappa shape index (κ2) is 7.50. The van der Waals surface area contributed by atoms with Crippen LogP contribution in [0.5, 0.6) is 11.5 Å². The zero-order valence-electron chi connectivity index (χ0n) is 12.0. The Morgan fingerprint density at radius 3 is 2.35 bits per heavy atom. The second-order valence-electron chi connectivity index (χ2n) is 5.54. The van der Waals surface area contributed by atoms with Gasteiger partial charge in [-0.05, 0) is 25.0 Å². The lowest BCUT2D eigenvalue weighted by atomic mass is 9.96. The molecule has 1 saturated carbocycles. The summed E-state index contributed by atoms with van der Waals surface area (Å²) in [6.45, 7) is 1.34. The van der Waals surface area contributed by atoms with E-state index >= 15 is 0 Å². The zero-order chi connectivity index (χ0) is 14.3. The lowest BCUT2D eigenvalue weighted by Crippen LogP contribution is -2.35. The van der Waals surface area contributed by atoms with Crippen LogP contribution in [-0.4, -0.2) is 30.5 Å². The van der Waals surface area contributed by atoms with Crippen molar-refractivity contribution in [2.24, 2.45) is 5.73 Å². The van der Waals surface area contributed by atoms with Crippen LogP contribution in [0.4, 0.5) is 0 Å². The smallest absolute Gasteiger partial charge is 0.123 e. The van der Waals surface area contributed by atoms with E-state index in [1.54, 1.807) is 0 Å². The van der Waals surface area contributed by atoms with Crippen LogP contribution in [0.3, 0.4) is 0 Å². The molecule has 1 fully saturated rings. The third-order valence-electron chi connectivity index (χ3n) is 3.73. The van der Waals surface area contributed by atoms with E-state index in [9.17, 15) is 5.11 Å². The highest BCUT2D eigenvalue weighted by Crippen LogP contribution is 2.28. The van der Waals surface area contributed by atoms with Gasteiger partial charge in [-0.15, -0.1) is 0 Å². The summed E-state index contributed by atoms with van der Waals surface area (Å²) >= 11 is 0. The van der Waals surface area contributed by atoms with Crippen LogP contribution >= 0.6 is 0 Å². The Kier molecular flexibility index (Phi) is 5.68. The van der Waals surface area contributed by atoms with Crippen molar-refractivity contribution < 1.29 is 14.6 Å². The van der Waals surface area contributed by atoms with Crippen LogP contribution in [0.2, 0.25) is 0 Å². The van der Waals surface area contributed by atoms with Gasteiger partial charge in [0.05, 0.1) is 5.60 Å². The SMILES string of the molecule is NCCOc1cccc(OCC2(O)CCCCCC2)c1. The van der Waals surface area contributed by atoms with Gasteiger partial charge in [0.15, 0.2) is 0 Å². The topological polar surface area (TPSA) is 64.7 Å². The molecule has 0 saturated heterocycles. The predicted octanol–water partition coefficient (Wildman–Crippen LogP) is 2.49. The fraction of sp³-hybridized carbons (Fsp3) is 0.625. The lowest BCUT2D eigenvalue weighted by molar-refractivity contribution is -0.0174. The maximum absolute atomic E-state index is 10.6. The second-order valence-corrected chi connectivity index (χ2v) is 5.54. The quantitative estimate of drug-likeness (QED) is 0.785. The number of ether oxygens (including phenoxy) is 2. The number of benzene rings is 1. The molecule has 2 rings (SSSR count). The minimum Gasteiger partial charge on any atom is -0.492 e. The van der Waals surface area contributed by atoms with Crippen molar-refractivity contribution in [1.82, 2.24) is 0 Å². The average Bonchev–Trinajstić information content (AvgIpc) is 2.69. The highest BCUT2D eigenvalue weighted by atomic mass is 16.5. The summed E-state index contributed by atoms with van der Waals surface area (Å²) in [5.74, 6) is 1.48. The molecule has 4 nitrogen and oxygen atoms in total. The number of rotatable bonds is 6. The molecule has 112 valence electrons.